The Bertz CT molecular complexity index is 160. The van der Waals surface area contributed by atoms with E-state index in [4.69, 9.17) is 10.5 Å². The predicted molar refractivity (Wildman–Crippen MR) is 48.8 cm³/mol. The molecule has 0 aromatic heterocycles. The molecular formula is C10H19NO. The van der Waals surface area contributed by atoms with E-state index in [0.717, 1.165) is 31.0 Å². The number of hydrogen-bond acceptors (Lipinski definition) is 2. The van der Waals surface area contributed by atoms with Crippen molar-refractivity contribution in [2.75, 3.05) is 13.2 Å². The maximum atomic E-state index is 5.93. The van der Waals surface area contributed by atoms with Crippen LogP contribution in [0.15, 0.2) is 0 Å². The summed E-state index contributed by atoms with van der Waals surface area (Å²) in [5, 5.41) is 0. The minimum absolute atomic E-state index is 0.445. The molecule has 4 atom stereocenters. The third-order valence-corrected chi connectivity index (χ3v) is 3.53. The van der Waals surface area contributed by atoms with Gasteiger partial charge >= 0.3 is 0 Å². The van der Waals surface area contributed by atoms with E-state index < -0.39 is 0 Å². The van der Waals surface area contributed by atoms with Crippen LogP contribution in [0, 0.1) is 17.8 Å². The fraction of sp³-hybridized carbons (Fsp3) is 1.00. The topological polar surface area (TPSA) is 35.2 Å². The van der Waals surface area contributed by atoms with Gasteiger partial charge < -0.3 is 10.5 Å². The lowest BCUT2D eigenvalue weighted by Crippen LogP contribution is -2.42. The molecule has 2 heteroatoms. The molecule has 4 unspecified atom stereocenters. The first-order valence-corrected chi connectivity index (χ1v) is 5.10. The smallest absolute Gasteiger partial charge is 0.0497 e. The van der Waals surface area contributed by atoms with Crippen molar-refractivity contribution in [1.82, 2.24) is 0 Å². The van der Waals surface area contributed by atoms with Gasteiger partial charge in [0.2, 0.25) is 0 Å². The van der Waals surface area contributed by atoms with Crippen LogP contribution in [0.2, 0.25) is 0 Å². The van der Waals surface area contributed by atoms with Gasteiger partial charge in [-0.3, -0.25) is 0 Å². The molecule has 1 saturated heterocycles. The molecule has 1 aliphatic carbocycles. The van der Waals surface area contributed by atoms with Gasteiger partial charge in [0.05, 0.1) is 0 Å². The van der Waals surface area contributed by atoms with Crippen LogP contribution in [0.4, 0.5) is 0 Å². The van der Waals surface area contributed by atoms with Crippen LogP contribution in [0.5, 0.6) is 0 Å². The Labute approximate surface area is 74.5 Å². The van der Waals surface area contributed by atoms with Crippen molar-refractivity contribution in [3.05, 3.63) is 0 Å². The van der Waals surface area contributed by atoms with E-state index in [-0.39, 0.29) is 0 Å². The van der Waals surface area contributed by atoms with E-state index >= 15 is 0 Å². The number of hydrogen-bond donors (Lipinski definition) is 1. The highest BCUT2D eigenvalue weighted by Gasteiger charge is 2.35. The van der Waals surface area contributed by atoms with Crippen molar-refractivity contribution in [3.63, 3.8) is 0 Å². The Kier molecular flexibility index (Phi) is 2.37. The Hall–Kier alpha value is -0.0800. The Morgan fingerprint density at radius 2 is 2.08 bits per heavy atom. The van der Waals surface area contributed by atoms with Crippen molar-refractivity contribution in [2.45, 2.75) is 32.2 Å². The maximum Gasteiger partial charge on any atom is 0.0497 e. The van der Waals surface area contributed by atoms with Crippen molar-refractivity contribution < 1.29 is 4.74 Å². The summed E-state index contributed by atoms with van der Waals surface area (Å²) in [6.45, 7) is 4.24. The highest BCUT2D eigenvalue weighted by molar-refractivity contribution is 4.86. The van der Waals surface area contributed by atoms with E-state index in [2.05, 4.69) is 6.92 Å². The van der Waals surface area contributed by atoms with Gasteiger partial charge in [-0.1, -0.05) is 6.92 Å². The first kappa shape index (κ1) is 8.52. The van der Waals surface area contributed by atoms with Crippen LogP contribution >= 0.6 is 0 Å². The molecule has 2 aliphatic rings. The highest BCUT2D eigenvalue weighted by atomic mass is 16.5. The SMILES string of the molecule is CC1COCC2CC(N)CCC12. The molecule has 1 aliphatic heterocycles. The lowest BCUT2D eigenvalue weighted by Gasteiger charge is -2.41. The van der Waals surface area contributed by atoms with Crippen molar-refractivity contribution in [3.8, 4) is 0 Å². The summed E-state index contributed by atoms with van der Waals surface area (Å²) >= 11 is 0. The van der Waals surface area contributed by atoms with Gasteiger partial charge in [-0.2, -0.15) is 0 Å². The van der Waals surface area contributed by atoms with Crippen LogP contribution in [0.3, 0.4) is 0 Å². The van der Waals surface area contributed by atoms with E-state index in [1.165, 1.54) is 19.3 Å². The fourth-order valence-corrected chi connectivity index (χ4v) is 2.79. The number of nitrogens with two attached hydrogens (primary N) is 1. The summed E-state index contributed by atoms with van der Waals surface area (Å²) in [5.41, 5.74) is 5.93. The summed E-state index contributed by atoms with van der Waals surface area (Å²) in [7, 11) is 0. The normalized spacial score (nSPS) is 48.5. The summed E-state index contributed by atoms with van der Waals surface area (Å²) in [5.74, 6) is 2.42. The van der Waals surface area contributed by atoms with E-state index in [1.807, 2.05) is 0 Å². The number of fused-ring (bicyclic) bond motifs is 1. The molecule has 0 bridgehead atoms. The van der Waals surface area contributed by atoms with Crippen LogP contribution < -0.4 is 5.73 Å². The Morgan fingerprint density at radius 1 is 1.25 bits per heavy atom. The standard InChI is InChI=1S/C10H19NO/c1-7-5-12-6-8-4-9(11)2-3-10(7)8/h7-10H,2-6,11H2,1H3. The van der Waals surface area contributed by atoms with Crippen LogP contribution in [0.1, 0.15) is 26.2 Å². The molecule has 0 spiro atoms. The molecule has 0 aromatic carbocycles. The van der Waals surface area contributed by atoms with Crippen LogP contribution in [0.25, 0.3) is 0 Å². The summed E-state index contributed by atoms with van der Waals surface area (Å²) in [6, 6.07) is 0.445. The van der Waals surface area contributed by atoms with Crippen molar-refractivity contribution in [2.24, 2.45) is 23.5 Å². The molecule has 70 valence electrons. The first-order valence-electron chi connectivity index (χ1n) is 5.10. The van der Waals surface area contributed by atoms with E-state index in [0.29, 0.717) is 6.04 Å². The van der Waals surface area contributed by atoms with Gasteiger partial charge in [0, 0.05) is 19.3 Å². The molecule has 2 N–H and O–H groups in total. The van der Waals surface area contributed by atoms with E-state index in [1.54, 1.807) is 0 Å². The lowest BCUT2D eigenvalue weighted by molar-refractivity contribution is -0.0429. The Balaban J connectivity index is 1.99. The molecule has 1 saturated carbocycles. The van der Waals surface area contributed by atoms with Gasteiger partial charge in [-0.25, -0.2) is 0 Å². The third-order valence-electron chi connectivity index (χ3n) is 3.53. The molecular weight excluding hydrogens is 150 g/mol. The zero-order valence-electron chi connectivity index (χ0n) is 7.83. The average Bonchev–Trinajstić information content (AvgIpc) is 2.04. The monoisotopic (exact) mass is 169 g/mol. The average molecular weight is 169 g/mol. The molecule has 2 fully saturated rings. The first-order chi connectivity index (χ1) is 5.77. The minimum Gasteiger partial charge on any atom is -0.381 e. The maximum absolute atomic E-state index is 5.93. The molecule has 1 heterocycles. The zero-order chi connectivity index (χ0) is 8.55. The summed E-state index contributed by atoms with van der Waals surface area (Å²) in [4.78, 5) is 0. The quantitative estimate of drug-likeness (QED) is 0.595. The van der Waals surface area contributed by atoms with Gasteiger partial charge in [-0.05, 0) is 37.0 Å². The lowest BCUT2D eigenvalue weighted by atomic mass is 9.71. The highest BCUT2D eigenvalue weighted by Crippen LogP contribution is 2.37. The minimum atomic E-state index is 0.445. The van der Waals surface area contributed by atoms with Gasteiger partial charge in [0.25, 0.3) is 0 Å². The third kappa shape index (κ3) is 1.50. The fourth-order valence-electron chi connectivity index (χ4n) is 2.79. The molecule has 0 aromatic rings. The number of ether oxygens (including phenoxy) is 1. The zero-order valence-corrected chi connectivity index (χ0v) is 7.83. The van der Waals surface area contributed by atoms with Crippen molar-refractivity contribution >= 4 is 0 Å². The summed E-state index contributed by atoms with van der Waals surface area (Å²) < 4.78 is 5.54. The van der Waals surface area contributed by atoms with Crippen molar-refractivity contribution in [1.29, 1.82) is 0 Å². The van der Waals surface area contributed by atoms with Gasteiger partial charge in [0.15, 0.2) is 0 Å². The Morgan fingerprint density at radius 3 is 2.92 bits per heavy atom. The van der Waals surface area contributed by atoms with Gasteiger partial charge in [-0.15, -0.1) is 0 Å². The molecule has 0 radical (unpaired) electrons. The second-order valence-electron chi connectivity index (χ2n) is 4.51. The van der Waals surface area contributed by atoms with Crippen LogP contribution in [-0.2, 0) is 4.74 Å². The molecule has 0 amide bonds. The molecule has 12 heavy (non-hydrogen) atoms. The van der Waals surface area contributed by atoms with E-state index in [9.17, 15) is 0 Å². The van der Waals surface area contributed by atoms with Crippen LogP contribution in [-0.4, -0.2) is 19.3 Å². The number of rotatable bonds is 0. The van der Waals surface area contributed by atoms with Gasteiger partial charge in [0.1, 0.15) is 0 Å². The summed E-state index contributed by atoms with van der Waals surface area (Å²) in [6.07, 6.45) is 3.75. The molecule has 2 rings (SSSR count). The predicted octanol–water partition coefficient (Wildman–Crippen LogP) is 1.40. The largest absolute Gasteiger partial charge is 0.381 e. The second-order valence-corrected chi connectivity index (χ2v) is 4.51. The second kappa shape index (κ2) is 3.35. The molecule has 2 nitrogen and oxygen atoms in total.